The second-order valence-electron chi connectivity index (χ2n) is 7.49. The summed E-state index contributed by atoms with van der Waals surface area (Å²) in [6.07, 6.45) is 6.65. The van der Waals surface area contributed by atoms with E-state index in [-0.39, 0.29) is 14.9 Å². The van der Waals surface area contributed by atoms with Crippen LogP contribution in [0.3, 0.4) is 0 Å². The quantitative estimate of drug-likeness (QED) is 0.406. The van der Waals surface area contributed by atoms with Gasteiger partial charge < -0.3 is 19.4 Å². The molecule has 162 valence electrons. The van der Waals surface area contributed by atoms with E-state index >= 15 is 0 Å². The Kier molecular flexibility index (Phi) is 10.1. The maximum Gasteiger partial charge on any atom is 0.102 e. The lowest BCUT2D eigenvalue weighted by molar-refractivity contribution is 0.414. The Bertz CT molecular complexity index is 972. The van der Waals surface area contributed by atoms with Crippen LogP contribution in [0.25, 0.3) is 20.4 Å². The first-order valence-corrected chi connectivity index (χ1v) is 11.1. The standard InChI is InChI=1S/C11H16N2S.C10H14N2S.2CH4/c1-12(2)6-4-9-8-13(3)11-10(9)5-7-14-11;1-12(2)5-3-8-7-11-10-9(8)4-6-13-10;;/h5,7-8H,4,6H2,1-3H3;4,6-7,11H,3,5H2,1-2H3;2*1H4. The molecule has 0 spiro atoms. The molecule has 0 unspecified atom stereocenters. The molecule has 1 N–H and O–H groups in total. The molecule has 4 aromatic heterocycles. The van der Waals surface area contributed by atoms with E-state index in [1.165, 1.54) is 31.6 Å². The minimum atomic E-state index is 0. The highest BCUT2D eigenvalue weighted by Crippen LogP contribution is 2.26. The summed E-state index contributed by atoms with van der Waals surface area (Å²) in [5.41, 5.74) is 2.90. The lowest BCUT2D eigenvalue weighted by Crippen LogP contribution is -2.14. The SMILES string of the molecule is C.C.CN(C)CCc1c[nH]c2sccc12.CN(C)CCc1cn(C)c2sccc12. The summed E-state index contributed by atoms with van der Waals surface area (Å²) < 4.78 is 2.23. The first kappa shape index (κ1) is 25.4. The van der Waals surface area contributed by atoms with Crippen molar-refractivity contribution in [2.24, 2.45) is 7.05 Å². The zero-order chi connectivity index (χ0) is 19.4. The van der Waals surface area contributed by atoms with E-state index in [4.69, 9.17) is 0 Å². The van der Waals surface area contributed by atoms with Crippen LogP contribution in [0.4, 0.5) is 0 Å². The predicted octanol–water partition coefficient (Wildman–Crippen LogP) is 5.95. The average molecular weight is 435 g/mol. The number of nitrogens with zero attached hydrogens (tertiary/aromatic N) is 3. The molecule has 0 radical (unpaired) electrons. The fourth-order valence-electron chi connectivity index (χ4n) is 3.18. The summed E-state index contributed by atoms with van der Waals surface area (Å²) in [6.45, 7) is 2.23. The van der Waals surface area contributed by atoms with Crippen molar-refractivity contribution < 1.29 is 0 Å². The summed E-state index contributed by atoms with van der Waals surface area (Å²) in [7, 11) is 10.6. The van der Waals surface area contributed by atoms with E-state index in [1.807, 2.05) is 11.3 Å². The molecule has 0 aromatic carbocycles. The van der Waals surface area contributed by atoms with Gasteiger partial charge >= 0.3 is 0 Å². The Hall–Kier alpha value is -1.60. The van der Waals surface area contributed by atoms with Crippen molar-refractivity contribution in [1.29, 1.82) is 0 Å². The Balaban J connectivity index is 0.000000272. The molecule has 0 fully saturated rings. The van der Waals surface area contributed by atoms with Crippen molar-refractivity contribution in [2.45, 2.75) is 27.7 Å². The van der Waals surface area contributed by atoms with Crippen LogP contribution in [0.2, 0.25) is 0 Å². The van der Waals surface area contributed by atoms with E-state index in [1.54, 1.807) is 11.3 Å². The number of aryl methyl sites for hydroxylation is 1. The number of nitrogens with one attached hydrogen (secondary N) is 1. The Morgan fingerprint density at radius 1 is 0.862 bits per heavy atom. The van der Waals surface area contributed by atoms with Crippen molar-refractivity contribution in [3.8, 4) is 0 Å². The largest absolute Gasteiger partial charge is 0.353 e. The van der Waals surface area contributed by atoms with Gasteiger partial charge in [0.05, 0.1) is 4.83 Å². The van der Waals surface area contributed by atoms with Gasteiger partial charge in [0, 0.05) is 43.3 Å². The third kappa shape index (κ3) is 6.44. The van der Waals surface area contributed by atoms with Gasteiger partial charge in [-0.15, -0.1) is 22.7 Å². The number of aromatic amines is 1. The van der Waals surface area contributed by atoms with Gasteiger partial charge in [-0.1, -0.05) is 14.9 Å². The molecular weight excluding hydrogens is 396 g/mol. The van der Waals surface area contributed by atoms with E-state index < -0.39 is 0 Å². The highest BCUT2D eigenvalue weighted by atomic mass is 32.1. The normalized spacial score (nSPS) is 10.9. The Morgan fingerprint density at radius 3 is 2.10 bits per heavy atom. The lowest BCUT2D eigenvalue weighted by atomic mass is 10.2. The van der Waals surface area contributed by atoms with Crippen LogP contribution >= 0.6 is 22.7 Å². The molecule has 0 saturated heterocycles. The van der Waals surface area contributed by atoms with Crippen molar-refractivity contribution >= 4 is 43.1 Å². The Morgan fingerprint density at radius 2 is 1.45 bits per heavy atom. The van der Waals surface area contributed by atoms with Crippen LogP contribution in [0.5, 0.6) is 0 Å². The van der Waals surface area contributed by atoms with Gasteiger partial charge in [-0.2, -0.15) is 0 Å². The number of fused-ring (bicyclic) bond motifs is 2. The molecule has 0 bridgehead atoms. The van der Waals surface area contributed by atoms with Crippen LogP contribution in [0, 0.1) is 0 Å². The molecular formula is C23H38N4S2. The molecule has 4 aromatic rings. The van der Waals surface area contributed by atoms with Gasteiger partial charge in [-0.3, -0.25) is 0 Å². The van der Waals surface area contributed by atoms with Crippen molar-refractivity contribution in [1.82, 2.24) is 19.4 Å². The summed E-state index contributed by atoms with van der Waals surface area (Å²) in [6, 6.07) is 4.42. The molecule has 0 saturated carbocycles. The third-order valence-corrected chi connectivity index (χ3v) is 6.55. The van der Waals surface area contributed by atoms with Crippen LogP contribution in [0.15, 0.2) is 35.3 Å². The maximum absolute atomic E-state index is 3.29. The first-order valence-electron chi connectivity index (χ1n) is 9.30. The highest BCUT2D eigenvalue weighted by Gasteiger charge is 2.07. The van der Waals surface area contributed by atoms with E-state index in [0.717, 1.165) is 25.9 Å². The van der Waals surface area contributed by atoms with Crippen molar-refractivity contribution in [2.75, 3.05) is 41.3 Å². The van der Waals surface area contributed by atoms with Gasteiger partial charge in [0.25, 0.3) is 0 Å². The number of hydrogen-bond acceptors (Lipinski definition) is 4. The van der Waals surface area contributed by atoms with Crippen LogP contribution < -0.4 is 0 Å². The minimum Gasteiger partial charge on any atom is -0.353 e. The summed E-state index contributed by atoms with van der Waals surface area (Å²) in [4.78, 5) is 10.4. The molecule has 4 heterocycles. The topological polar surface area (TPSA) is 27.2 Å². The molecule has 6 heteroatoms. The van der Waals surface area contributed by atoms with Crippen LogP contribution in [-0.4, -0.2) is 60.6 Å². The number of aromatic nitrogens is 2. The number of likely N-dealkylation sites (N-methyl/N-ethyl adjacent to an activating group) is 2. The number of rotatable bonds is 6. The van der Waals surface area contributed by atoms with Gasteiger partial charge in [-0.25, -0.2) is 0 Å². The zero-order valence-electron chi connectivity index (χ0n) is 17.0. The van der Waals surface area contributed by atoms with Crippen LogP contribution in [-0.2, 0) is 19.9 Å². The molecule has 0 amide bonds. The predicted molar refractivity (Wildman–Crippen MR) is 135 cm³/mol. The monoisotopic (exact) mass is 434 g/mol. The Labute approximate surface area is 184 Å². The third-order valence-electron chi connectivity index (χ3n) is 4.71. The summed E-state index contributed by atoms with van der Waals surface area (Å²) in [5.74, 6) is 0. The molecule has 29 heavy (non-hydrogen) atoms. The molecule has 0 aliphatic carbocycles. The van der Waals surface area contributed by atoms with E-state index in [0.29, 0.717) is 0 Å². The van der Waals surface area contributed by atoms with Gasteiger partial charge in [-0.05, 0) is 75.1 Å². The first-order chi connectivity index (χ1) is 13.0. The molecule has 0 aliphatic rings. The number of thiophene rings is 2. The molecule has 0 aliphatic heterocycles. The number of H-pyrrole nitrogens is 1. The van der Waals surface area contributed by atoms with Crippen molar-refractivity contribution in [3.05, 3.63) is 46.4 Å². The van der Waals surface area contributed by atoms with Gasteiger partial charge in [0.2, 0.25) is 0 Å². The second-order valence-corrected chi connectivity index (χ2v) is 9.30. The second kappa shape index (κ2) is 11.6. The molecule has 4 rings (SSSR count). The number of hydrogen-bond donors (Lipinski definition) is 1. The van der Waals surface area contributed by atoms with Gasteiger partial charge in [0.1, 0.15) is 4.83 Å². The van der Waals surface area contributed by atoms with E-state index in [2.05, 4.69) is 89.9 Å². The van der Waals surface area contributed by atoms with E-state index in [9.17, 15) is 0 Å². The molecule has 4 nitrogen and oxygen atoms in total. The molecule has 0 atom stereocenters. The smallest absolute Gasteiger partial charge is 0.102 e. The van der Waals surface area contributed by atoms with Crippen LogP contribution in [0.1, 0.15) is 26.0 Å². The fourth-order valence-corrected chi connectivity index (χ4v) is 4.85. The fraction of sp³-hybridized carbons (Fsp3) is 0.478. The lowest BCUT2D eigenvalue weighted by Gasteiger charge is -2.07. The van der Waals surface area contributed by atoms with Gasteiger partial charge in [0.15, 0.2) is 0 Å². The summed E-state index contributed by atoms with van der Waals surface area (Å²) in [5, 5.41) is 7.13. The zero-order valence-corrected chi connectivity index (χ0v) is 18.6. The minimum absolute atomic E-state index is 0. The van der Waals surface area contributed by atoms with Crippen molar-refractivity contribution in [3.63, 3.8) is 0 Å². The highest BCUT2D eigenvalue weighted by molar-refractivity contribution is 7.17. The summed E-state index contributed by atoms with van der Waals surface area (Å²) >= 11 is 3.59. The maximum atomic E-state index is 3.29. The average Bonchev–Trinajstić information content (AvgIpc) is 3.36.